The van der Waals surface area contributed by atoms with Gasteiger partial charge in [0.15, 0.2) is 6.73 Å². The molecule has 0 aliphatic heterocycles. The second-order valence-corrected chi connectivity index (χ2v) is 6.99. The van der Waals surface area contributed by atoms with Crippen molar-refractivity contribution in [1.29, 1.82) is 0 Å². The normalized spacial score (nSPS) is 11.0. The molecule has 31 heavy (non-hydrogen) atoms. The molecule has 0 fully saturated rings. The number of rotatable bonds is 5. The van der Waals surface area contributed by atoms with Gasteiger partial charge in [0.2, 0.25) is 0 Å². The van der Waals surface area contributed by atoms with Crippen LogP contribution in [-0.4, -0.2) is 26.0 Å². The molecule has 7 nitrogen and oxygen atoms in total. The first-order chi connectivity index (χ1) is 15.2. The molecular weight excluding hydrogens is 392 g/mol. The van der Waals surface area contributed by atoms with Crippen LogP contribution < -0.4 is 10.1 Å². The van der Waals surface area contributed by atoms with Crippen molar-refractivity contribution in [1.82, 2.24) is 15.0 Å². The van der Waals surface area contributed by atoms with E-state index in [0.717, 1.165) is 11.0 Å². The molecule has 0 bridgehead atoms. The molecule has 0 aliphatic carbocycles. The van der Waals surface area contributed by atoms with Crippen LogP contribution in [0.15, 0.2) is 84.9 Å². The molecule has 0 spiro atoms. The van der Waals surface area contributed by atoms with Crippen LogP contribution in [0.4, 0.5) is 5.69 Å². The number of para-hydroxylation sites is 2. The molecule has 0 saturated heterocycles. The van der Waals surface area contributed by atoms with E-state index in [1.165, 1.54) is 0 Å². The van der Waals surface area contributed by atoms with E-state index in [1.54, 1.807) is 35.0 Å². The number of hydrogen-bond donors (Lipinski definition) is 2. The van der Waals surface area contributed by atoms with Gasteiger partial charge in [0, 0.05) is 16.5 Å². The van der Waals surface area contributed by atoms with Crippen LogP contribution in [0.3, 0.4) is 0 Å². The minimum atomic E-state index is -0.425. The van der Waals surface area contributed by atoms with Gasteiger partial charge in [-0.05, 0) is 30.3 Å². The molecule has 0 aliphatic rings. The summed E-state index contributed by atoms with van der Waals surface area (Å²) in [6, 6.07) is 25.5. The second kappa shape index (κ2) is 7.79. The third-order valence-electron chi connectivity index (χ3n) is 5.02. The lowest BCUT2D eigenvalue weighted by molar-refractivity contribution is 0.102. The highest BCUT2D eigenvalue weighted by molar-refractivity contribution is 6.11. The lowest BCUT2D eigenvalue weighted by Crippen LogP contribution is -2.13. The maximum Gasteiger partial charge on any atom is 0.259 e. The second-order valence-electron chi connectivity index (χ2n) is 6.99. The summed E-state index contributed by atoms with van der Waals surface area (Å²) in [4.78, 5) is 12.9. The molecule has 0 saturated carbocycles. The topological polar surface area (TPSA) is 89.3 Å². The minimum absolute atomic E-state index is 0.0948. The van der Waals surface area contributed by atoms with E-state index in [1.807, 2.05) is 54.6 Å². The molecule has 5 rings (SSSR count). The smallest absolute Gasteiger partial charge is 0.259 e. The number of carbonyl (C=O) groups is 1. The molecular formula is C24H18N4O3. The third-order valence-corrected chi connectivity index (χ3v) is 5.02. The highest BCUT2D eigenvalue weighted by Crippen LogP contribution is 2.36. The summed E-state index contributed by atoms with van der Waals surface area (Å²) in [5.74, 6) is -0.0562. The van der Waals surface area contributed by atoms with E-state index in [0.29, 0.717) is 22.2 Å². The van der Waals surface area contributed by atoms with Crippen molar-refractivity contribution < 1.29 is 14.6 Å². The van der Waals surface area contributed by atoms with Crippen LogP contribution in [0.25, 0.3) is 21.8 Å². The summed E-state index contributed by atoms with van der Waals surface area (Å²) in [5, 5.41) is 23.1. The number of phenolic OH excluding ortho intramolecular Hbond substituents is 1. The fourth-order valence-electron chi connectivity index (χ4n) is 3.48. The zero-order valence-electron chi connectivity index (χ0n) is 16.4. The molecule has 5 aromatic rings. The van der Waals surface area contributed by atoms with Gasteiger partial charge in [0.05, 0.1) is 11.1 Å². The van der Waals surface area contributed by atoms with Crippen molar-refractivity contribution >= 4 is 33.4 Å². The number of anilines is 1. The number of hydrogen-bond acceptors (Lipinski definition) is 5. The van der Waals surface area contributed by atoms with Crippen LogP contribution in [0.1, 0.15) is 10.4 Å². The quantitative estimate of drug-likeness (QED) is 0.443. The summed E-state index contributed by atoms with van der Waals surface area (Å²) in [5.41, 5.74) is 2.37. The summed E-state index contributed by atoms with van der Waals surface area (Å²) in [6.07, 6.45) is 0. The third kappa shape index (κ3) is 3.53. The highest BCUT2D eigenvalue weighted by atomic mass is 16.5. The summed E-state index contributed by atoms with van der Waals surface area (Å²) in [6.45, 7) is 0.106. The van der Waals surface area contributed by atoms with E-state index >= 15 is 0 Å². The number of aromatic nitrogens is 3. The van der Waals surface area contributed by atoms with Crippen LogP contribution >= 0.6 is 0 Å². The average Bonchev–Trinajstić information content (AvgIpc) is 3.22. The molecule has 1 heterocycles. The van der Waals surface area contributed by atoms with Crippen LogP contribution in [0, 0.1) is 0 Å². The Morgan fingerprint density at radius 3 is 2.48 bits per heavy atom. The maximum absolute atomic E-state index is 12.9. The zero-order chi connectivity index (χ0) is 21.2. The largest absolute Gasteiger partial charge is 0.506 e. The number of carbonyl (C=O) groups excluding carboxylic acids is 1. The first-order valence-electron chi connectivity index (χ1n) is 9.73. The number of ether oxygens (including phenoxy) is 1. The van der Waals surface area contributed by atoms with Crippen molar-refractivity contribution in [2.75, 3.05) is 5.32 Å². The van der Waals surface area contributed by atoms with Gasteiger partial charge in [-0.3, -0.25) is 4.79 Å². The summed E-state index contributed by atoms with van der Waals surface area (Å²) < 4.78 is 7.68. The van der Waals surface area contributed by atoms with Gasteiger partial charge in [0.1, 0.15) is 17.0 Å². The van der Waals surface area contributed by atoms with E-state index < -0.39 is 5.91 Å². The van der Waals surface area contributed by atoms with Crippen molar-refractivity contribution in [2.45, 2.75) is 6.73 Å². The summed E-state index contributed by atoms with van der Waals surface area (Å²) in [7, 11) is 0. The first kappa shape index (κ1) is 18.6. The minimum Gasteiger partial charge on any atom is -0.506 e. The molecule has 0 radical (unpaired) electrons. The van der Waals surface area contributed by atoms with Crippen LogP contribution in [0.5, 0.6) is 11.5 Å². The molecule has 4 aromatic carbocycles. The van der Waals surface area contributed by atoms with Crippen molar-refractivity contribution in [2.24, 2.45) is 0 Å². The van der Waals surface area contributed by atoms with Crippen LogP contribution in [-0.2, 0) is 6.73 Å². The predicted molar refractivity (Wildman–Crippen MR) is 118 cm³/mol. The molecule has 152 valence electrons. The number of benzene rings is 4. The molecule has 7 heteroatoms. The Balaban J connectivity index is 1.51. The first-order valence-corrected chi connectivity index (χ1v) is 9.73. The maximum atomic E-state index is 12.9. The Hall–Kier alpha value is -4.39. The van der Waals surface area contributed by atoms with Crippen LogP contribution in [0.2, 0.25) is 0 Å². The SMILES string of the molecule is O=C(Nc1ccccc1)c1cc(OCn2nnc3ccccc32)c2ccccc2c1O. The van der Waals surface area contributed by atoms with E-state index in [4.69, 9.17) is 4.74 Å². The van der Waals surface area contributed by atoms with Crippen molar-refractivity contribution in [3.63, 3.8) is 0 Å². The van der Waals surface area contributed by atoms with E-state index in [9.17, 15) is 9.90 Å². The number of phenols is 1. The van der Waals surface area contributed by atoms with Gasteiger partial charge in [-0.15, -0.1) is 5.10 Å². The number of amides is 1. The zero-order valence-corrected chi connectivity index (χ0v) is 16.4. The lowest BCUT2D eigenvalue weighted by atomic mass is 10.0. The van der Waals surface area contributed by atoms with Gasteiger partial charge >= 0.3 is 0 Å². The highest BCUT2D eigenvalue weighted by Gasteiger charge is 2.18. The Bertz CT molecular complexity index is 1400. The van der Waals surface area contributed by atoms with Gasteiger partial charge in [0.25, 0.3) is 5.91 Å². The fraction of sp³-hybridized carbons (Fsp3) is 0.0417. The number of fused-ring (bicyclic) bond motifs is 2. The number of aromatic hydroxyl groups is 1. The molecule has 0 unspecified atom stereocenters. The number of nitrogens with zero attached hydrogens (tertiary/aromatic N) is 3. The average molecular weight is 410 g/mol. The summed E-state index contributed by atoms with van der Waals surface area (Å²) >= 11 is 0. The van der Waals surface area contributed by atoms with Gasteiger partial charge in [-0.1, -0.05) is 59.8 Å². The molecule has 1 amide bonds. The van der Waals surface area contributed by atoms with Gasteiger partial charge < -0.3 is 15.2 Å². The molecule has 0 atom stereocenters. The Morgan fingerprint density at radius 1 is 0.935 bits per heavy atom. The van der Waals surface area contributed by atoms with Crippen molar-refractivity contribution in [3.05, 3.63) is 90.5 Å². The standard InChI is InChI=1S/C24H18N4O3/c29-23-18-11-5-4-10-17(18)22(14-19(23)24(30)25-16-8-2-1-3-9-16)31-15-28-21-13-7-6-12-20(21)26-27-28/h1-14,29H,15H2,(H,25,30). The fourth-order valence-corrected chi connectivity index (χ4v) is 3.48. The predicted octanol–water partition coefficient (Wildman–Crippen LogP) is 4.58. The Morgan fingerprint density at radius 2 is 1.65 bits per heavy atom. The van der Waals surface area contributed by atoms with Gasteiger partial charge in [-0.2, -0.15) is 0 Å². The van der Waals surface area contributed by atoms with Crippen molar-refractivity contribution in [3.8, 4) is 11.5 Å². The van der Waals surface area contributed by atoms with E-state index in [-0.39, 0.29) is 18.0 Å². The molecule has 2 N–H and O–H groups in total. The monoisotopic (exact) mass is 410 g/mol. The van der Waals surface area contributed by atoms with E-state index in [2.05, 4.69) is 15.6 Å². The Kier molecular flexibility index (Phi) is 4.68. The van der Waals surface area contributed by atoms with Gasteiger partial charge in [-0.25, -0.2) is 4.68 Å². The lowest BCUT2D eigenvalue weighted by Gasteiger charge is -2.14. The Labute approximate surface area is 177 Å². The molecule has 1 aromatic heterocycles. The number of nitrogens with one attached hydrogen (secondary N) is 1.